The molecule has 0 aliphatic rings. The van der Waals surface area contributed by atoms with Crippen LogP contribution in [-0.2, 0) is 14.2 Å². The van der Waals surface area contributed by atoms with Crippen LogP contribution in [0.25, 0.3) is 0 Å². The predicted molar refractivity (Wildman–Crippen MR) is 61.7 cm³/mol. The normalized spacial score (nSPS) is 13.2. The summed E-state index contributed by atoms with van der Waals surface area (Å²) in [5.74, 6) is -0.865. The van der Waals surface area contributed by atoms with Crippen LogP contribution in [0.5, 0.6) is 0 Å². The predicted octanol–water partition coefficient (Wildman–Crippen LogP) is 3.19. The number of ether oxygens (including phenoxy) is 3. The van der Waals surface area contributed by atoms with E-state index in [1.807, 2.05) is 20.8 Å². The van der Waals surface area contributed by atoms with Gasteiger partial charge in [0.15, 0.2) is 0 Å². The van der Waals surface area contributed by atoms with Crippen molar-refractivity contribution in [3.63, 3.8) is 0 Å². The van der Waals surface area contributed by atoms with E-state index >= 15 is 0 Å². The Morgan fingerprint density at radius 1 is 0.733 bits per heavy atom. The Bertz CT molecular complexity index is 144. The Hall–Kier alpha value is -0.120. The molecular weight excluding hydrogens is 192 g/mol. The van der Waals surface area contributed by atoms with E-state index in [-0.39, 0.29) is 5.41 Å². The van der Waals surface area contributed by atoms with Crippen molar-refractivity contribution in [2.45, 2.75) is 53.9 Å². The molecule has 3 nitrogen and oxygen atoms in total. The Labute approximate surface area is 94.1 Å². The van der Waals surface area contributed by atoms with Crippen molar-refractivity contribution in [3.8, 4) is 0 Å². The van der Waals surface area contributed by atoms with Gasteiger partial charge in [-0.3, -0.25) is 0 Å². The van der Waals surface area contributed by atoms with E-state index in [1.165, 1.54) is 0 Å². The van der Waals surface area contributed by atoms with Crippen molar-refractivity contribution in [3.05, 3.63) is 0 Å². The quantitative estimate of drug-likeness (QED) is 0.614. The second-order valence-electron chi connectivity index (χ2n) is 4.72. The highest BCUT2D eigenvalue weighted by atomic mass is 16.9. The van der Waals surface area contributed by atoms with Crippen molar-refractivity contribution in [2.24, 2.45) is 5.41 Å². The first-order valence-electron chi connectivity index (χ1n) is 5.81. The Kier molecular flexibility index (Phi) is 6.41. The molecule has 0 aliphatic heterocycles. The maximum absolute atomic E-state index is 5.64. The van der Waals surface area contributed by atoms with Gasteiger partial charge in [-0.1, -0.05) is 20.8 Å². The third-order valence-electron chi connectivity index (χ3n) is 1.84. The van der Waals surface area contributed by atoms with Crippen molar-refractivity contribution in [1.29, 1.82) is 0 Å². The second-order valence-corrected chi connectivity index (χ2v) is 4.72. The van der Waals surface area contributed by atoms with Gasteiger partial charge in [0, 0.05) is 26.2 Å². The van der Waals surface area contributed by atoms with Crippen LogP contribution in [0, 0.1) is 5.41 Å². The van der Waals surface area contributed by atoms with Gasteiger partial charge in [0.25, 0.3) is 5.97 Å². The van der Waals surface area contributed by atoms with Crippen LogP contribution in [0.1, 0.15) is 48.0 Å². The average Bonchev–Trinajstić information content (AvgIpc) is 2.01. The molecule has 0 bridgehead atoms. The molecule has 0 amide bonds. The molecule has 3 heteroatoms. The minimum absolute atomic E-state index is 0.111. The Morgan fingerprint density at radius 3 is 1.27 bits per heavy atom. The molecule has 0 fully saturated rings. The molecule has 0 unspecified atom stereocenters. The van der Waals surface area contributed by atoms with Crippen molar-refractivity contribution in [2.75, 3.05) is 19.8 Å². The zero-order valence-electron chi connectivity index (χ0n) is 11.1. The number of hydrogen-bond donors (Lipinski definition) is 0. The van der Waals surface area contributed by atoms with Gasteiger partial charge in [-0.2, -0.15) is 0 Å². The third-order valence-corrected chi connectivity index (χ3v) is 1.84. The van der Waals surface area contributed by atoms with Crippen molar-refractivity contribution in [1.82, 2.24) is 0 Å². The van der Waals surface area contributed by atoms with Gasteiger partial charge in [-0.15, -0.1) is 0 Å². The first-order valence-corrected chi connectivity index (χ1v) is 5.81. The summed E-state index contributed by atoms with van der Waals surface area (Å²) in [5.41, 5.74) is 0.111. The zero-order valence-corrected chi connectivity index (χ0v) is 11.1. The van der Waals surface area contributed by atoms with Gasteiger partial charge >= 0.3 is 0 Å². The third kappa shape index (κ3) is 6.13. The minimum atomic E-state index is -0.865. The van der Waals surface area contributed by atoms with E-state index in [4.69, 9.17) is 14.2 Å². The molecule has 0 saturated heterocycles. The first kappa shape index (κ1) is 14.9. The molecule has 15 heavy (non-hydrogen) atoms. The fraction of sp³-hybridized carbons (Fsp3) is 1.00. The van der Waals surface area contributed by atoms with Gasteiger partial charge in [-0.25, -0.2) is 0 Å². The molecule has 92 valence electrons. The lowest BCUT2D eigenvalue weighted by Crippen LogP contribution is -2.42. The molecule has 0 aromatic carbocycles. The largest absolute Gasteiger partial charge is 0.328 e. The van der Waals surface area contributed by atoms with E-state index in [2.05, 4.69) is 20.8 Å². The summed E-state index contributed by atoms with van der Waals surface area (Å²) in [7, 11) is 0. The minimum Gasteiger partial charge on any atom is -0.328 e. The highest BCUT2D eigenvalue weighted by Gasteiger charge is 2.37. The van der Waals surface area contributed by atoms with E-state index in [1.54, 1.807) is 0 Å². The molecule has 0 aromatic rings. The maximum Gasteiger partial charge on any atom is 0.283 e. The van der Waals surface area contributed by atoms with E-state index in [0.29, 0.717) is 19.8 Å². The van der Waals surface area contributed by atoms with Gasteiger partial charge in [0.1, 0.15) is 0 Å². The van der Waals surface area contributed by atoms with Crippen LogP contribution in [0.15, 0.2) is 0 Å². The van der Waals surface area contributed by atoms with Gasteiger partial charge in [-0.05, 0) is 26.2 Å². The molecular formula is C12H26O3. The molecule has 0 atom stereocenters. The van der Waals surface area contributed by atoms with E-state index in [0.717, 1.165) is 6.42 Å². The lowest BCUT2D eigenvalue weighted by atomic mass is 9.91. The molecule has 0 spiro atoms. The summed E-state index contributed by atoms with van der Waals surface area (Å²) in [6.45, 7) is 14.1. The highest BCUT2D eigenvalue weighted by Crippen LogP contribution is 2.32. The molecule has 0 aliphatic carbocycles. The number of hydrogen-bond acceptors (Lipinski definition) is 3. The molecule has 0 heterocycles. The monoisotopic (exact) mass is 218 g/mol. The topological polar surface area (TPSA) is 27.7 Å². The lowest BCUT2D eigenvalue weighted by molar-refractivity contribution is -0.386. The summed E-state index contributed by atoms with van der Waals surface area (Å²) in [6, 6.07) is 0. The second kappa shape index (κ2) is 6.46. The molecule has 0 saturated carbocycles. The summed E-state index contributed by atoms with van der Waals surface area (Å²) >= 11 is 0. The summed E-state index contributed by atoms with van der Waals surface area (Å²) in [6.07, 6.45) is 0.732. The van der Waals surface area contributed by atoms with Crippen molar-refractivity contribution >= 4 is 0 Å². The number of rotatable bonds is 7. The van der Waals surface area contributed by atoms with Crippen LogP contribution >= 0.6 is 0 Å². The SMILES string of the molecule is CCOC(CC(C)(C)C)(OCC)OCC. The average molecular weight is 218 g/mol. The van der Waals surface area contributed by atoms with Crippen LogP contribution in [0.4, 0.5) is 0 Å². The Morgan fingerprint density at radius 2 is 1.07 bits per heavy atom. The lowest BCUT2D eigenvalue weighted by Gasteiger charge is -2.37. The summed E-state index contributed by atoms with van der Waals surface area (Å²) in [5, 5.41) is 0. The maximum atomic E-state index is 5.64. The zero-order chi connectivity index (χ0) is 11.9. The van der Waals surface area contributed by atoms with Crippen LogP contribution in [-0.4, -0.2) is 25.8 Å². The molecule has 0 aromatic heterocycles. The fourth-order valence-electron chi connectivity index (χ4n) is 1.59. The van der Waals surface area contributed by atoms with E-state index in [9.17, 15) is 0 Å². The smallest absolute Gasteiger partial charge is 0.283 e. The van der Waals surface area contributed by atoms with Crippen LogP contribution < -0.4 is 0 Å². The standard InChI is InChI=1S/C12H26O3/c1-7-13-12(14-8-2,15-9-3)10-11(4,5)6/h7-10H2,1-6H3. The van der Waals surface area contributed by atoms with Crippen LogP contribution in [0.2, 0.25) is 0 Å². The molecule has 0 N–H and O–H groups in total. The molecule has 0 rings (SSSR count). The highest BCUT2D eigenvalue weighted by molar-refractivity contribution is 4.70. The van der Waals surface area contributed by atoms with Gasteiger partial charge < -0.3 is 14.2 Å². The van der Waals surface area contributed by atoms with E-state index < -0.39 is 5.97 Å². The van der Waals surface area contributed by atoms with Gasteiger partial charge in [0.05, 0.1) is 0 Å². The van der Waals surface area contributed by atoms with Crippen molar-refractivity contribution < 1.29 is 14.2 Å². The fourth-order valence-corrected chi connectivity index (χ4v) is 1.59. The first-order chi connectivity index (χ1) is 6.89. The van der Waals surface area contributed by atoms with Crippen LogP contribution in [0.3, 0.4) is 0 Å². The Balaban J connectivity index is 4.60. The summed E-state index contributed by atoms with van der Waals surface area (Å²) in [4.78, 5) is 0. The molecule has 0 radical (unpaired) electrons. The summed E-state index contributed by atoms with van der Waals surface area (Å²) < 4.78 is 16.9. The van der Waals surface area contributed by atoms with Gasteiger partial charge in [0.2, 0.25) is 0 Å².